The summed E-state index contributed by atoms with van der Waals surface area (Å²) in [5.74, 6) is 0.231. The second kappa shape index (κ2) is 6.75. The number of carbonyl (C=O) groups is 1. The molecule has 0 aromatic heterocycles. The van der Waals surface area contributed by atoms with Crippen molar-refractivity contribution in [1.29, 1.82) is 0 Å². The third kappa shape index (κ3) is 2.95. The van der Waals surface area contributed by atoms with Gasteiger partial charge in [0.25, 0.3) is 5.91 Å². The fourth-order valence-electron chi connectivity index (χ4n) is 3.58. The largest absolute Gasteiger partial charge is 0.376 e. The molecule has 2 aromatic rings. The molecule has 4 rings (SSSR count). The number of ether oxygens (including phenoxy) is 2. The molecule has 1 fully saturated rings. The van der Waals surface area contributed by atoms with Crippen LogP contribution in [-0.4, -0.2) is 43.3 Å². The number of nitrogens with zero attached hydrogens (tertiary/aromatic N) is 1. The van der Waals surface area contributed by atoms with Gasteiger partial charge in [-0.15, -0.1) is 0 Å². The standard InChI is InChI=1S/C20H21NO3/c22-20(19-14-23-10-11-24-19)21-12-16-8-4-5-9-17(16)18(13-21)15-6-2-1-3-7-15/h1-9,18-19H,10-14H2. The van der Waals surface area contributed by atoms with Gasteiger partial charge < -0.3 is 14.4 Å². The molecule has 4 nitrogen and oxygen atoms in total. The molecule has 1 saturated heterocycles. The highest BCUT2D eigenvalue weighted by Gasteiger charge is 2.33. The quantitative estimate of drug-likeness (QED) is 0.853. The molecule has 0 saturated carbocycles. The van der Waals surface area contributed by atoms with Crippen LogP contribution in [0.3, 0.4) is 0 Å². The highest BCUT2D eigenvalue weighted by molar-refractivity contribution is 5.81. The summed E-state index contributed by atoms with van der Waals surface area (Å²) >= 11 is 0. The summed E-state index contributed by atoms with van der Waals surface area (Å²) in [5.41, 5.74) is 3.76. The second-order valence-corrected chi connectivity index (χ2v) is 6.32. The van der Waals surface area contributed by atoms with Crippen LogP contribution in [0.15, 0.2) is 54.6 Å². The van der Waals surface area contributed by atoms with E-state index < -0.39 is 6.10 Å². The summed E-state index contributed by atoms with van der Waals surface area (Å²) in [6.07, 6.45) is -0.472. The van der Waals surface area contributed by atoms with Crippen LogP contribution >= 0.6 is 0 Å². The first-order valence-electron chi connectivity index (χ1n) is 8.44. The zero-order chi connectivity index (χ0) is 16.4. The van der Waals surface area contributed by atoms with Crippen LogP contribution in [0.5, 0.6) is 0 Å². The first-order chi connectivity index (χ1) is 11.8. The Bertz CT molecular complexity index is 710. The average molecular weight is 323 g/mol. The van der Waals surface area contributed by atoms with Crippen molar-refractivity contribution in [3.8, 4) is 0 Å². The molecule has 0 aliphatic carbocycles. The molecule has 0 bridgehead atoms. The van der Waals surface area contributed by atoms with Gasteiger partial charge >= 0.3 is 0 Å². The predicted molar refractivity (Wildman–Crippen MR) is 90.7 cm³/mol. The SMILES string of the molecule is O=C(C1COCCO1)N1Cc2ccccc2C(c2ccccc2)C1. The van der Waals surface area contributed by atoms with Crippen molar-refractivity contribution in [2.45, 2.75) is 18.6 Å². The molecule has 2 aromatic carbocycles. The van der Waals surface area contributed by atoms with Crippen molar-refractivity contribution in [2.75, 3.05) is 26.4 Å². The van der Waals surface area contributed by atoms with E-state index in [1.54, 1.807) is 0 Å². The Morgan fingerprint density at radius 2 is 1.79 bits per heavy atom. The lowest BCUT2D eigenvalue weighted by molar-refractivity contribution is -0.159. The number of carbonyl (C=O) groups excluding carboxylic acids is 1. The van der Waals surface area contributed by atoms with Crippen molar-refractivity contribution in [3.63, 3.8) is 0 Å². The Morgan fingerprint density at radius 1 is 1.00 bits per heavy atom. The third-order valence-corrected chi connectivity index (χ3v) is 4.80. The van der Waals surface area contributed by atoms with Crippen molar-refractivity contribution >= 4 is 5.91 Å². The van der Waals surface area contributed by atoms with Crippen LogP contribution in [-0.2, 0) is 20.8 Å². The van der Waals surface area contributed by atoms with Crippen LogP contribution in [0, 0.1) is 0 Å². The maximum atomic E-state index is 12.9. The molecule has 24 heavy (non-hydrogen) atoms. The Hall–Kier alpha value is -2.17. The Balaban J connectivity index is 1.64. The maximum Gasteiger partial charge on any atom is 0.254 e. The molecule has 2 unspecified atom stereocenters. The first-order valence-corrected chi connectivity index (χ1v) is 8.44. The van der Waals surface area contributed by atoms with Crippen molar-refractivity contribution in [2.24, 2.45) is 0 Å². The van der Waals surface area contributed by atoms with Crippen LogP contribution in [0.1, 0.15) is 22.6 Å². The minimum Gasteiger partial charge on any atom is -0.376 e. The normalized spacial score (nSPS) is 23.6. The van der Waals surface area contributed by atoms with Gasteiger partial charge in [0.05, 0.1) is 19.8 Å². The van der Waals surface area contributed by atoms with Gasteiger partial charge in [-0.05, 0) is 16.7 Å². The van der Waals surface area contributed by atoms with Gasteiger partial charge in [-0.2, -0.15) is 0 Å². The monoisotopic (exact) mass is 323 g/mol. The van der Waals surface area contributed by atoms with Crippen LogP contribution in [0.4, 0.5) is 0 Å². The molecule has 1 amide bonds. The highest BCUT2D eigenvalue weighted by atomic mass is 16.6. The minimum atomic E-state index is -0.472. The van der Waals surface area contributed by atoms with Crippen LogP contribution < -0.4 is 0 Å². The van der Waals surface area contributed by atoms with E-state index in [4.69, 9.17) is 9.47 Å². The Morgan fingerprint density at radius 3 is 2.58 bits per heavy atom. The lowest BCUT2D eigenvalue weighted by Gasteiger charge is -2.37. The van der Waals surface area contributed by atoms with Gasteiger partial charge in [0, 0.05) is 19.0 Å². The van der Waals surface area contributed by atoms with Gasteiger partial charge in [-0.3, -0.25) is 4.79 Å². The molecule has 2 aliphatic rings. The van der Waals surface area contributed by atoms with Crippen molar-refractivity contribution in [3.05, 3.63) is 71.3 Å². The number of hydrogen-bond acceptors (Lipinski definition) is 3. The average Bonchev–Trinajstić information content (AvgIpc) is 2.68. The van der Waals surface area contributed by atoms with Gasteiger partial charge in [0.1, 0.15) is 0 Å². The van der Waals surface area contributed by atoms with Gasteiger partial charge in [-0.1, -0.05) is 54.6 Å². The van der Waals surface area contributed by atoms with Gasteiger partial charge in [-0.25, -0.2) is 0 Å². The van der Waals surface area contributed by atoms with E-state index >= 15 is 0 Å². The fourth-order valence-corrected chi connectivity index (χ4v) is 3.58. The van der Waals surface area contributed by atoms with E-state index in [1.807, 2.05) is 17.0 Å². The minimum absolute atomic E-state index is 0.0325. The van der Waals surface area contributed by atoms with E-state index in [0.717, 1.165) is 0 Å². The van der Waals surface area contributed by atoms with Crippen molar-refractivity contribution < 1.29 is 14.3 Å². The fraction of sp³-hybridized carbons (Fsp3) is 0.350. The zero-order valence-electron chi connectivity index (χ0n) is 13.6. The second-order valence-electron chi connectivity index (χ2n) is 6.32. The number of amides is 1. The summed E-state index contributed by atoms with van der Waals surface area (Å²) in [7, 11) is 0. The molecule has 0 radical (unpaired) electrons. The lowest BCUT2D eigenvalue weighted by atomic mass is 9.84. The molecule has 0 N–H and O–H groups in total. The summed E-state index contributed by atoms with van der Waals surface area (Å²) in [6.45, 7) is 2.73. The lowest BCUT2D eigenvalue weighted by Crippen LogP contribution is -2.48. The Kier molecular flexibility index (Phi) is 4.32. The van der Waals surface area contributed by atoms with Gasteiger partial charge in [0.15, 0.2) is 6.10 Å². The van der Waals surface area contributed by atoms with E-state index in [-0.39, 0.29) is 11.8 Å². The highest BCUT2D eigenvalue weighted by Crippen LogP contribution is 2.33. The molecule has 2 aliphatic heterocycles. The summed E-state index contributed by atoms with van der Waals surface area (Å²) in [6, 6.07) is 18.8. The number of hydrogen-bond donors (Lipinski definition) is 0. The third-order valence-electron chi connectivity index (χ3n) is 4.80. The Labute approximate surface area is 142 Å². The molecule has 4 heteroatoms. The van der Waals surface area contributed by atoms with Crippen LogP contribution in [0.2, 0.25) is 0 Å². The van der Waals surface area contributed by atoms with E-state index in [0.29, 0.717) is 32.9 Å². The summed E-state index contributed by atoms with van der Waals surface area (Å²) < 4.78 is 11.0. The summed E-state index contributed by atoms with van der Waals surface area (Å²) in [4.78, 5) is 14.8. The molecule has 2 heterocycles. The number of benzene rings is 2. The molecular formula is C20H21NO3. The first kappa shape index (κ1) is 15.4. The molecule has 2 atom stereocenters. The molecule has 0 spiro atoms. The number of rotatable bonds is 2. The van der Waals surface area contributed by atoms with Crippen LogP contribution in [0.25, 0.3) is 0 Å². The molecular weight excluding hydrogens is 302 g/mol. The van der Waals surface area contributed by atoms with Gasteiger partial charge in [0.2, 0.25) is 0 Å². The van der Waals surface area contributed by atoms with Crippen molar-refractivity contribution in [1.82, 2.24) is 4.90 Å². The smallest absolute Gasteiger partial charge is 0.254 e. The zero-order valence-corrected chi connectivity index (χ0v) is 13.6. The van der Waals surface area contributed by atoms with E-state index in [1.165, 1.54) is 16.7 Å². The molecule has 124 valence electrons. The maximum absolute atomic E-state index is 12.9. The van der Waals surface area contributed by atoms with E-state index in [2.05, 4.69) is 42.5 Å². The summed E-state index contributed by atoms with van der Waals surface area (Å²) in [5, 5.41) is 0. The predicted octanol–water partition coefficient (Wildman–Crippen LogP) is 2.58. The number of fused-ring (bicyclic) bond motifs is 1. The van der Waals surface area contributed by atoms with E-state index in [9.17, 15) is 4.79 Å². The topological polar surface area (TPSA) is 38.8 Å².